The van der Waals surface area contributed by atoms with Crippen LogP contribution >= 0.6 is 15.9 Å². The van der Waals surface area contributed by atoms with Crippen LogP contribution in [0.1, 0.15) is 28.8 Å². The Morgan fingerprint density at radius 1 is 1.07 bits per heavy atom. The smallest absolute Gasteiger partial charge is 0.256 e. The molecule has 2 aromatic carbocycles. The van der Waals surface area contributed by atoms with E-state index in [1.165, 1.54) is 21.3 Å². The molecule has 3 rings (SSSR count). The van der Waals surface area contributed by atoms with Gasteiger partial charge in [0.2, 0.25) is 15.9 Å². The van der Waals surface area contributed by atoms with E-state index in [0.29, 0.717) is 23.2 Å². The van der Waals surface area contributed by atoms with Crippen LogP contribution in [0, 0.1) is 0 Å². The predicted octanol–water partition coefficient (Wildman–Crippen LogP) is 3.12. The maximum Gasteiger partial charge on any atom is 0.256 e. The molecule has 1 saturated heterocycles. The molecule has 1 aliphatic heterocycles. The molecule has 9 heteroatoms. The number of halogens is 1. The van der Waals surface area contributed by atoms with Crippen molar-refractivity contribution >= 4 is 43.5 Å². The fourth-order valence-electron chi connectivity index (χ4n) is 3.15. The second-order valence-electron chi connectivity index (χ2n) is 7.37. The molecule has 0 bridgehead atoms. The van der Waals surface area contributed by atoms with Crippen molar-refractivity contribution in [1.29, 1.82) is 0 Å². The standard InChI is InChI=1S/C21H24BrN3O4S/c1-24(2)20(26)13-15-5-7-16(8-6-15)23-21(27)18-14-17(9-10-19(18)22)30(28,29)25-11-3-4-12-25/h5-10,14H,3-4,11-13H2,1-2H3,(H,23,27). The maximum atomic E-state index is 12.8. The lowest BCUT2D eigenvalue weighted by Gasteiger charge is -2.16. The number of nitrogens with zero attached hydrogens (tertiary/aromatic N) is 2. The minimum Gasteiger partial charge on any atom is -0.349 e. The third kappa shape index (κ3) is 5.08. The van der Waals surface area contributed by atoms with Crippen molar-refractivity contribution in [3.05, 3.63) is 58.1 Å². The third-order valence-electron chi connectivity index (χ3n) is 4.95. The average Bonchev–Trinajstić information content (AvgIpc) is 3.25. The molecule has 160 valence electrons. The summed E-state index contributed by atoms with van der Waals surface area (Å²) >= 11 is 3.34. The van der Waals surface area contributed by atoms with Gasteiger partial charge in [-0.05, 0) is 64.7 Å². The molecule has 0 spiro atoms. The molecule has 0 saturated carbocycles. The van der Waals surface area contributed by atoms with Crippen molar-refractivity contribution in [3.63, 3.8) is 0 Å². The largest absolute Gasteiger partial charge is 0.349 e. The van der Waals surface area contributed by atoms with E-state index in [-0.39, 0.29) is 22.8 Å². The number of benzene rings is 2. The molecule has 1 heterocycles. The minimum absolute atomic E-state index is 0.00765. The first-order valence-electron chi connectivity index (χ1n) is 9.58. The summed E-state index contributed by atoms with van der Waals surface area (Å²) < 4.78 is 27.6. The highest BCUT2D eigenvalue weighted by molar-refractivity contribution is 9.10. The summed E-state index contributed by atoms with van der Waals surface area (Å²) in [6, 6.07) is 11.5. The van der Waals surface area contributed by atoms with Gasteiger partial charge in [-0.15, -0.1) is 0 Å². The van der Waals surface area contributed by atoms with E-state index in [1.54, 1.807) is 44.4 Å². The number of nitrogens with one attached hydrogen (secondary N) is 1. The highest BCUT2D eigenvalue weighted by atomic mass is 79.9. The van der Waals surface area contributed by atoms with Gasteiger partial charge in [0.05, 0.1) is 16.9 Å². The lowest BCUT2D eigenvalue weighted by Crippen LogP contribution is -2.28. The molecule has 7 nitrogen and oxygen atoms in total. The van der Waals surface area contributed by atoms with Crippen molar-refractivity contribution in [2.45, 2.75) is 24.2 Å². The molecule has 0 aromatic heterocycles. The summed E-state index contributed by atoms with van der Waals surface area (Å²) in [5.41, 5.74) is 1.63. The number of carbonyl (C=O) groups is 2. The fraction of sp³-hybridized carbons (Fsp3) is 0.333. The van der Waals surface area contributed by atoms with E-state index in [1.807, 2.05) is 0 Å². The van der Waals surface area contributed by atoms with Crippen LogP contribution in [0.25, 0.3) is 0 Å². The predicted molar refractivity (Wildman–Crippen MR) is 119 cm³/mol. The highest BCUT2D eigenvalue weighted by Gasteiger charge is 2.28. The van der Waals surface area contributed by atoms with E-state index in [2.05, 4.69) is 21.2 Å². The Hall–Kier alpha value is -2.23. The third-order valence-corrected chi connectivity index (χ3v) is 7.54. The number of hydrogen-bond acceptors (Lipinski definition) is 4. The van der Waals surface area contributed by atoms with Gasteiger partial charge >= 0.3 is 0 Å². The van der Waals surface area contributed by atoms with Crippen molar-refractivity contribution < 1.29 is 18.0 Å². The number of rotatable bonds is 6. The zero-order valence-electron chi connectivity index (χ0n) is 16.9. The van der Waals surface area contributed by atoms with Crippen LogP contribution in [-0.2, 0) is 21.2 Å². The quantitative estimate of drug-likeness (QED) is 0.669. The summed E-state index contributed by atoms with van der Waals surface area (Å²) in [4.78, 5) is 26.2. The number of likely N-dealkylation sites (N-methyl/N-ethyl adjacent to an activating group) is 1. The number of hydrogen-bond donors (Lipinski definition) is 1. The van der Waals surface area contributed by atoms with Crippen LogP contribution in [0.5, 0.6) is 0 Å². The summed E-state index contributed by atoms with van der Waals surface area (Å²) in [5, 5.41) is 2.78. The van der Waals surface area contributed by atoms with E-state index < -0.39 is 15.9 Å². The minimum atomic E-state index is -3.61. The van der Waals surface area contributed by atoms with Gasteiger partial charge in [0.25, 0.3) is 5.91 Å². The Morgan fingerprint density at radius 3 is 2.30 bits per heavy atom. The van der Waals surface area contributed by atoms with Gasteiger partial charge in [-0.25, -0.2) is 8.42 Å². The summed E-state index contributed by atoms with van der Waals surface area (Å²) in [5.74, 6) is -0.427. The molecule has 2 aromatic rings. The molecule has 0 unspecified atom stereocenters. The van der Waals surface area contributed by atoms with Gasteiger partial charge in [-0.3, -0.25) is 9.59 Å². The number of anilines is 1. The Bertz CT molecular complexity index is 1050. The van der Waals surface area contributed by atoms with Gasteiger partial charge in [-0.2, -0.15) is 4.31 Å². The topological polar surface area (TPSA) is 86.8 Å². The number of carbonyl (C=O) groups excluding carboxylic acids is 2. The van der Waals surface area contributed by atoms with Crippen LogP contribution in [-0.4, -0.2) is 56.6 Å². The molecule has 0 aliphatic carbocycles. The van der Waals surface area contributed by atoms with E-state index in [4.69, 9.17) is 0 Å². The van der Waals surface area contributed by atoms with E-state index in [9.17, 15) is 18.0 Å². The Kier molecular flexibility index (Phi) is 6.95. The van der Waals surface area contributed by atoms with Crippen LogP contribution < -0.4 is 5.32 Å². The maximum absolute atomic E-state index is 12.8. The van der Waals surface area contributed by atoms with E-state index >= 15 is 0 Å². The zero-order valence-corrected chi connectivity index (χ0v) is 19.3. The van der Waals surface area contributed by atoms with Crippen LogP contribution in [0.2, 0.25) is 0 Å². The molecule has 1 aliphatic rings. The molecule has 2 amide bonds. The first-order valence-corrected chi connectivity index (χ1v) is 11.8. The summed E-state index contributed by atoms with van der Waals surface area (Å²) in [6.45, 7) is 1.01. The monoisotopic (exact) mass is 493 g/mol. The first kappa shape index (κ1) is 22.5. The molecule has 1 fully saturated rings. The van der Waals surface area contributed by atoms with Gasteiger partial charge in [0.1, 0.15) is 0 Å². The molecule has 30 heavy (non-hydrogen) atoms. The fourth-order valence-corrected chi connectivity index (χ4v) is 5.12. The van der Waals surface area contributed by atoms with Crippen LogP contribution in [0.4, 0.5) is 5.69 Å². The molecule has 1 N–H and O–H groups in total. The van der Waals surface area contributed by atoms with Crippen molar-refractivity contribution in [1.82, 2.24) is 9.21 Å². The number of sulfonamides is 1. The van der Waals surface area contributed by atoms with Gasteiger partial charge in [0, 0.05) is 37.3 Å². The normalized spacial score (nSPS) is 14.5. The summed E-state index contributed by atoms with van der Waals surface area (Å²) in [6.07, 6.45) is 1.97. The average molecular weight is 494 g/mol. The van der Waals surface area contributed by atoms with Gasteiger partial charge in [-0.1, -0.05) is 12.1 Å². The van der Waals surface area contributed by atoms with Gasteiger partial charge in [0.15, 0.2) is 0 Å². The Morgan fingerprint density at radius 2 is 1.70 bits per heavy atom. The van der Waals surface area contributed by atoms with Crippen LogP contribution in [0.15, 0.2) is 51.8 Å². The molecule has 0 radical (unpaired) electrons. The first-order chi connectivity index (χ1) is 14.2. The zero-order chi connectivity index (χ0) is 21.9. The molecular formula is C21H24BrN3O4S. The highest BCUT2D eigenvalue weighted by Crippen LogP contribution is 2.26. The summed E-state index contributed by atoms with van der Waals surface area (Å²) in [7, 11) is -0.210. The number of amides is 2. The van der Waals surface area contributed by atoms with Crippen molar-refractivity contribution in [2.24, 2.45) is 0 Å². The lowest BCUT2D eigenvalue weighted by molar-refractivity contribution is -0.127. The van der Waals surface area contributed by atoms with Crippen molar-refractivity contribution in [3.8, 4) is 0 Å². The molecular weight excluding hydrogens is 470 g/mol. The molecule has 0 atom stereocenters. The Labute approximate surface area is 185 Å². The van der Waals surface area contributed by atoms with Crippen molar-refractivity contribution in [2.75, 3.05) is 32.5 Å². The SMILES string of the molecule is CN(C)C(=O)Cc1ccc(NC(=O)c2cc(S(=O)(=O)N3CCCC3)ccc2Br)cc1. The van der Waals surface area contributed by atoms with E-state index in [0.717, 1.165) is 18.4 Å². The van der Waals surface area contributed by atoms with Gasteiger partial charge < -0.3 is 10.2 Å². The Balaban J connectivity index is 1.76. The second kappa shape index (κ2) is 9.28. The lowest BCUT2D eigenvalue weighted by atomic mass is 10.1. The van der Waals surface area contributed by atoms with Crippen LogP contribution in [0.3, 0.4) is 0 Å². The second-order valence-corrected chi connectivity index (χ2v) is 10.2.